The van der Waals surface area contributed by atoms with Crippen LogP contribution in [0.4, 0.5) is 0 Å². The number of carbonyl (C=O) groups is 2. The van der Waals surface area contributed by atoms with Crippen molar-refractivity contribution in [3.63, 3.8) is 0 Å². The minimum Gasteiger partial charge on any atom is -0.490 e. The number of methoxy groups -OCH3 is 1. The molecule has 0 aromatic heterocycles. The third kappa shape index (κ3) is 3.33. The zero-order chi connectivity index (χ0) is 14.5. The van der Waals surface area contributed by atoms with Gasteiger partial charge in [-0.25, -0.2) is 4.79 Å². The van der Waals surface area contributed by atoms with Gasteiger partial charge in [0.25, 0.3) is 0 Å². The summed E-state index contributed by atoms with van der Waals surface area (Å²) in [6, 6.07) is 8.88. The van der Waals surface area contributed by atoms with Crippen LogP contribution in [0.25, 0.3) is 0 Å². The smallest absolute Gasteiger partial charge is 0.379 e. The molecule has 1 aliphatic heterocycles. The van der Waals surface area contributed by atoms with Gasteiger partial charge in [-0.1, -0.05) is 30.3 Å². The first-order valence-electron chi connectivity index (χ1n) is 6.05. The van der Waals surface area contributed by atoms with Gasteiger partial charge in [0.2, 0.25) is 5.76 Å². The number of aliphatic hydroxyl groups excluding tert-OH is 1. The van der Waals surface area contributed by atoms with Gasteiger partial charge in [-0.2, -0.15) is 0 Å². The molecule has 5 nitrogen and oxygen atoms in total. The Bertz CT molecular complexity index is 571. The fourth-order valence-electron chi connectivity index (χ4n) is 1.79. The van der Waals surface area contributed by atoms with Crippen LogP contribution in [0, 0.1) is 0 Å². The number of carbonyl (C=O) groups excluding carboxylic acids is 2. The molecule has 0 aliphatic carbocycles. The van der Waals surface area contributed by atoms with Crippen LogP contribution in [0.15, 0.2) is 54.0 Å². The molecule has 1 aromatic rings. The number of allylic oxidation sites excluding steroid dienone is 2. The van der Waals surface area contributed by atoms with E-state index in [0.717, 1.165) is 0 Å². The van der Waals surface area contributed by atoms with Gasteiger partial charge in [0, 0.05) is 18.6 Å². The van der Waals surface area contributed by atoms with Crippen molar-refractivity contribution in [2.45, 2.75) is 12.5 Å². The van der Waals surface area contributed by atoms with Crippen LogP contribution >= 0.6 is 0 Å². The van der Waals surface area contributed by atoms with Crippen molar-refractivity contribution in [1.82, 2.24) is 0 Å². The van der Waals surface area contributed by atoms with E-state index in [2.05, 4.69) is 0 Å². The van der Waals surface area contributed by atoms with Crippen LogP contribution in [-0.4, -0.2) is 24.0 Å². The quantitative estimate of drug-likeness (QED) is 0.653. The number of cyclic esters (lactones) is 1. The summed E-state index contributed by atoms with van der Waals surface area (Å²) in [5.41, 5.74) is 0.663. The van der Waals surface area contributed by atoms with Crippen molar-refractivity contribution in [3.05, 3.63) is 59.6 Å². The molecule has 20 heavy (non-hydrogen) atoms. The highest BCUT2D eigenvalue weighted by Crippen LogP contribution is 2.20. The minimum absolute atomic E-state index is 0.0488. The molecule has 0 amide bonds. The molecule has 0 spiro atoms. The number of rotatable bonds is 5. The molecular weight excluding hydrogens is 260 g/mol. The molecule has 0 saturated heterocycles. The molecule has 0 saturated carbocycles. The van der Waals surface area contributed by atoms with E-state index in [1.165, 1.54) is 19.3 Å². The average Bonchev–Trinajstić information content (AvgIpc) is 2.79. The Morgan fingerprint density at radius 3 is 2.70 bits per heavy atom. The standard InChI is InChI=1S/C15H14O5/c1-19-14-9-12(20-15(14)18)7-11(16)8-13(17)10-5-3-2-4-6-10/h2-7,9,13,17H,8H2,1H3/b12-7+. The predicted molar refractivity (Wildman–Crippen MR) is 70.3 cm³/mol. The number of aliphatic hydroxyl groups is 1. The number of hydrogen-bond donors (Lipinski definition) is 1. The molecule has 1 heterocycles. The number of benzene rings is 1. The van der Waals surface area contributed by atoms with Crippen molar-refractivity contribution in [1.29, 1.82) is 0 Å². The Hall–Kier alpha value is -2.40. The summed E-state index contributed by atoms with van der Waals surface area (Å²) in [5.74, 6) is -0.794. The van der Waals surface area contributed by atoms with E-state index >= 15 is 0 Å². The maximum Gasteiger partial charge on any atom is 0.379 e. The van der Waals surface area contributed by atoms with Gasteiger partial charge in [-0.05, 0) is 5.56 Å². The van der Waals surface area contributed by atoms with Crippen molar-refractivity contribution < 1.29 is 24.2 Å². The molecule has 2 rings (SSSR count). The largest absolute Gasteiger partial charge is 0.490 e. The fourth-order valence-corrected chi connectivity index (χ4v) is 1.79. The Labute approximate surface area is 116 Å². The molecule has 0 radical (unpaired) electrons. The molecule has 0 fully saturated rings. The summed E-state index contributed by atoms with van der Waals surface area (Å²) in [4.78, 5) is 23.0. The summed E-state index contributed by atoms with van der Waals surface area (Å²) in [6.07, 6.45) is 1.55. The number of hydrogen-bond acceptors (Lipinski definition) is 5. The molecule has 1 N–H and O–H groups in total. The maximum atomic E-state index is 11.8. The molecule has 0 bridgehead atoms. The third-order valence-corrected chi connectivity index (χ3v) is 2.79. The zero-order valence-electron chi connectivity index (χ0n) is 10.9. The van der Waals surface area contributed by atoms with E-state index in [9.17, 15) is 14.7 Å². The monoisotopic (exact) mass is 274 g/mol. The average molecular weight is 274 g/mol. The van der Waals surface area contributed by atoms with Crippen LogP contribution in [0.1, 0.15) is 18.1 Å². The highest BCUT2D eigenvalue weighted by atomic mass is 16.6. The van der Waals surface area contributed by atoms with E-state index in [1.807, 2.05) is 6.07 Å². The Morgan fingerprint density at radius 2 is 2.10 bits per heavy atom. The summed E-state index contributed by atoms with van der Waals surface area (Å²) in [6.45, 7) is 0. The Kier molecular flexibility index (Phi) is 4.32. The first kappa shape index (κ1) is 14.0. The molecule has 104 valence electrons. The highest BCUT2D eigenvalue weighted by Gasteiger charge is 2.23. The highest BCUT2D eigenvalue weighted by molar-refractivity contribution is 5.95. The predicted octanol–water partition coefficient (Wildman–Crippen LogP) is 1.65. The van der Waals surface area contributed by atoms with Gasteiger partial charge in [0.05, 0.1) is 13.2 Å². The topological polar surface area (TPSA) is 72.8 Å². The molecule has 5 heteroatoms. The van der Waals surface area contributed by atoms with Gasteiger partial charge in [0.15, 0.2) is 5.78 Å². The second-order valence-electron chi connectivity index (χ2n) is 4.25. The van der Waals surface area contributed by atoms with Crippen molar-refractivity contribution in [3.8, 4) is 0 Å². The van der Waals surface area contributed by atoms with E-state index < -0.39 is 12.1 Å². The number of esters is 1. The summed E-state index contributed by atoms with van der Waals surface area (Å²) in [5, 5.41) is 9.92. The molecule has 1 unspecified atom stereocenters. The van der Waals surface area contributed by atoms with Gasteiger partial charge in [0.1, 0.15) is 5.76 Å². The van der Waals surface area contributed by atoms with Crippen molar-refractivity contribution in [2.75, 3.05) is 7.11 Å². The van der Waals surface area contributed by atoms with Crippen molar-refractivity contribution >= 4 is 11.8 Å². The lowest BCUT2D eigenvalue weighted by Crippen LogP contribution is -2.05. The van der Waals surface area contributed by atoms with Crippen LogP contribution < -0.4 is 0 Å². The minimum atomic E-state index is -0.886. The van der Waals surface area contributed by atoms with Gasteiger partial charge in [-0.15, -0.1) is 0 Å². The van der Waals surface area contributed by atoms with E-state index in [1.54, 1.807) is 24.3 Å². The zero-order valence-corrected chi connectivity index (χ0v) is 10.9. The number of ketones is 1. The second-order valence-corrected chi connectivity index (χ2v) is 4.25. The Balaban J connectivity index is 2.00. The number of ether oxygens (including phenoxy) is 2. The van der Waals surface area contributed by atoms with Crippen LogP contribution in [0.2, 0.25) is 0 Å². The summed E-state index contributed by atoms with van der Waals surface area (Å²) >= 11 is 0. The first-order valence-corrected chi connectivity index (χ1v) is 6.05. The lowest BCUT2D eigenvalue weighted by atomic mass is 10.0. The second kappa shape index (κ2) is 6.16. The third-order valence-electron chi connectivity index (χ3n) is 2.79. The van der Waals surface area contributed by atoms with E-state index in [0.29, 0.717) is 5.56 Å². The first-order chi connectivity index (χ1) is 9.60. The molecule has 1 aromatic carbocycles. The Morgan fingerprint density at radius 1 is 1.40 bits per heavy atom. The maximum absolute atomic E-state index is 11.8. The van der Waals surface area contributed by atoms with Gasteiger partial charge >= 0.3 is 5.97 Å². The van der Waals surface area contributed by atoms with Gasteiger partial charge < -0.3 is 14.6 Å². The van der Waals surface area contributed by atoms with E-state index in [-0.39, 0.29) is 23.7 Å². The van der Waals surface area contributed by atoms with Crippen LogP contribution in [0.5, 0.6) is 0 Å². The lowest BCUT2D eigenvalue weighted by Gasteiger charge is -2.08. The van der Waals surface area contributed by atoms with Crippen LogP contribution in [0.3, 0.4) is 0 Å². The normalized spacial score (nSPS) is 17.6. The summed E-state index contributed by atoms with van der Waals surface area (Å²) in [7, 11) is 1.34. The van der Waals surface area contributed by atoms with E-state index in [4.69, 9.17) is 9.47 Å². The fraction of sp³-hybridized carbons (Fsp3) is 0.200. The van der Waals surface area contributed by atoms with Gasteiger partial charge in [-0.3, -0.25) is 4.79 Å². The molecule has 1 aliphatic rings. The van der Waals surface area contributed by atoms with Crippen molar-refractivity contribution in [2.24, 2.45) is 0 Å². The van der Waals surface area contributed by atoms with Crippen LogP contribution in [-0.2, 0) is 19.1 Å². The summed E-state index contributed by atoms with van der Waals surface area (Å²) < 4.78 is 9.60. The molecule has 1 atom stereocenters. The lowest BCUT2D eigenvalue weighted by molar-refractivity contribution is -0.136. The molecular formula is C15H14O5. The SMILES string of the molecule is COC1=C/C(=C\C(=O)CC(O)c2ccccc2)OC1=O.